The first-order chi connectivity index (χ1) is 9.04. The fraction of sp³-hybridized carbons (Fsp3) is 0.250. The number of aliphatic hydroxyl groups excluding tert-OH is 1. The average Bonchev–Trinajstić information content (AvgIpc) is 2.34. The quantitative estimate of drug-likeness (QED) is 0.895. The summed E-state index contributed by atoms with van der Waals surface area (Å²) >= 11 is 0. The normalized spacial score (nSPS) is 12.4. The molecule has 1 atom stereocenters. The van der Waals surface area contributed by atoms with Gasteiger partial charge in [-0.1, -0.05) is 18.2 Å². The molecule has 0 saturated carbocycles. The third-order valence-electron chi connectivity index (χ3n) is 3.13. The number of halogens is 2. The summed E-state index contributed by atoms with van der Waals surface area (Å²) in [4.78, 5) is 0. The van der Waals surface area contributed by atoms with E-state index in [4.69, 9.17) is 0 Å². The van der Waals surface area contributed by atoms with Crippen LogP contribution in [0.1, 0.15) is 16.7 Å². The summed E-state index contributed by atoms with van der Waals surface area (Å²) in [6.45, 7) is 1.88. The Morgan fingerprint density at radius 3 is 2.47 bits per heavy atom. The van der Waals surface area contributed by atoms with E-state index in [1.165, 1.54) is 24.3 Å². The molecule has 0 aliphatic carbocycles. The van der Waals surface area contributed by atoms with Crippen molar-refractivity contribution in [1.29, 1.82) is 0 Å². The molecule has 0 heterocycles. The number of hydrogen-bond donors (Lipinski definition) is 1. The Morgan fingerprint density at radius 2 is 1.74 bits per heavy atom. The highest BCUT2D eigenvalue weighted by atomic mass is 19.1. The fourth-order valence-electron chi connectivity index (χ4n) is 2.12. The SMILES string of the molecule is Cc1ccc(F)cc1CC(O)Cc1cccc(F)c1. The maximum atomic E-state index is 13.1. The molecule has 100 valence electrons. The van der Waals surface area contributed by atoms with Crippen molar-refractivity contribution in [3.05, 3.63) is 70.8 Å². The summed E-state index contributed by atoms with van der Waals surface area (Å²) in [6, 6.07) is 10.7. The van der Waals surface area contributed by atoms with E-state index in [9.17, 15) is 13.9 Å². The van der Waals surface area contributed by atoms with Gasteiger partial charge in [0, 0.05) is 0 Å². The minimum absolute atomic E-state index is 0.307. The Labute approximate surface area is 111 Å². The second-order valence-electron chi connectivity index (χ2n) is 4.76. The summed E-state index contributed by atoms with van der Waals surface area (Å²) < 4.78 is 26.2. The molecule has 0 fully saturated rings. The van der Waals surface area contributed by atoms with E-state index in [1.807, 2.05) is 6.92 Å². The van der Waals surface area contributed by atoms with Gasteiger partial charge in [-0.15, -0.1) is 0 Å². The van der Waals surface area contributed by atoms with Crippen LogP contribution in [0.2, 0.25) is 0 Å². The maximum Gasteiger partial charge on any atom is 0.123 e. The highest BCUT2D eigenvalue weighted by Crippen LogP contribution is 2.15. The monoisotopic (exact) mass is 262 g/mol. The summed E-state index contributed by atoms with van der Waals surface area (Å²) in [5, 5.41) is 10.0. The zero-order chi connectivity index (χ0) is 13.8. The van der Waals surface area contributed by atoms with Crippen molar-refractivity contribution < 1.29 is 13.9 Å². The topological polar surface area (TPSA) is 20.2 Å². The summed E-state index contributed by atoms with van der Waals surface area (Å²) in [5.41, 5.74) is 2.46. The van der Waals surface area contributed by atoms with Crippen LogP contribution in [0, 0.1) is 18.6 Å². The van der Waals surface area contributed by atoms with Crippen LogP contribution in [0.4, 0.5) is 8.78 Å². The third kappa shape index (κ3) is 3.86. The van der Waals surface area contributed by atoms with Gasteiger partial charge in [-0.2, -0.15) is 0 Å². The van der Waals surface area contributed by atoms with Crippen molar-refractivity contribution in [2.45, 2.75) is 25.9 Å². The average molecular weight is 262 g/mol. The van der Waals surface area contributed by atoms with Crippen LogP contribution in [0.15, 0.2) is 42.5 Å². The Balaban J connectivity index is 2.05. The first-order valence-electron chi connectivity index (χ1n) is 6.22. The number of rotatable bonds is 4. The summed E-state index contributed by atoms with van der Waals surface area (Å²) in [5.74, 6) is -0.620. The van der Waals surface area contributed by atoms with Gasteiger partial charge in [0.2, 0.25) is 0 Å². The number of hydrogen-bond acceptors (Lipinski definition) is 1. The van der Waals surface area contributed by atoms with Gasteiger partial charge in [0.1, 0.15) is 11.6 Å². The molecule has 19 heavy (non-hydrogen) atoms. The lowest BCUT2D eigenvalue weighted by atomic mass is 9.98. The van der Waals surface area contributed by atoms with Gasteiger partial charge in [0.25, 0.3) is 0 Å². The highest BCUT2D eigenvalue weighted by molar-refractivity contribution is 5.27. The van der Waals surface area contributed by atoms with Crippen LogP contribution in [0.3, 0.4) is 0 Å². The first-order valence-corrected chi connectivity index (χ1v) is 6.22. The van der Waals surface area contributed by atoms with Crippen molar-refractivity contribution in [3.63, 3.8) is 0 Å². The minimum Gasteiger partial charge on any atom is -0.392 e. The van der Waals surface area contributed by atoms with Gasteiger partial charge in [0.15, 0.2) is 0 Å². The second-order valence-corrected chi connectivity index (χ2v) is 4.76. The molecule has 2 aromatic carbocycles. The van der Waals surface area contributed by atoms with Crippen LogP contribution in [0.5, 0.6) is 0 Å². The third-order valence-corrected chi connectivity index (χ3v) is 3.13. The predicted molar refractivity (Wildman–Crippen MR) is 71.0 cm³/mol. The molecule has 2 rings (SSSR count). The van der Waals surface area contributed by atoms with Gasteiger partial charge < -0.3 is 5.11 Å². The van der Waals surface area contributed by atoms with Crippen molar-refractivity contribution in [2.75, 3.05) is 0 Å². The van der Waals surface area contributed by atoms with Crippen LogP contribution >= 0.6 is 0 Å². The molecule has 0 spiro atoms. The van der Waals surface area contributed by atoms with E-state index >= 15 is 0 Å². The smallest absolute Gasteiger partial charge is 0.123 e. The zero-order valence-electron chi connectivity index (χ0n) is 10.7. The van der Waals surface area contributed by atoms with E-state index in [0.29, 0.717) is 12.8 Å². The zero-order valence-corrected chi connectivity index (χ0v) is 10.7. The molecule has 0 radical (unpaired) electrons. The van der Waals surface area contributed by atoms with E-state index < -0.39 is 6.10 Å². The summed E-state index contributed by atoms with van der Waals surface area (Å²) in [6.07, 6.45) is 0.0654. The minimum atomic E-state index is -0.651. The first kappa shape index (κ1) is 13.7. The van der Waals surface area contributed by atoms with E-state index in [2.05, 4.69) is 0 Å². The predicted octanol–water partition coefficient (Wildman–Crippen LogP) is 3.42. The van der Waals surface area contributed by atoms with Crippen LogP contribution in [-0.2, 0) is 12.8 Å². The lowest BCUT2D eigenvalue weighted by Gasteiger charge is -2.13. The summed E-state index contributed by atoms with van der Waals surface area (Å²) in [7, 11) is 0. The molecule has 2 aromatic rings. The molecule has 1 N–H and O–H groups in total. The van der Waals surface area contributed by atoms with Crippen molar-refractivity contribution >= 4 is 0 Å². The molecule has 0 aromatic heterocycles. The van der Waals surface area contributed by atoms with E-state index in [1.54, 1.807) is 18.2 Å². The molecule has 0 aliphatic heterocycles. The molecule has 0 bridgehead atoms. The van der Waals surface area contributed by atoms with Crippen LogP contribution in [0.25, 0.3) is 0 Å². The van der Waals surface area contributed by atoms with Crippen molar-refractivity contribution in [2.24, 2.45) is 0 Å². The molecule has 0 aliphatic rings. The van der Waals surface area contributed by atoms with Gasteiger partial charge in [-0.05, 0) is 60.7 Å². The standard InChI is InChI=1S/C16H16F2O/c1-11-5-6-15(18)9-13(11)10-16(19)8-12-3-2-4-14(17)7-12/h2-7,9,16,19H,8,10H2,1H3. The molecule has 3 heteroatoms. The molecular formula is C16H16F2O. The van der Waals surface area contributed by atoms with Crippen molar-refractivity contribution in [3.8, 4) is 0 Å². The molecule has 0 amide bonds. The van der Waals surface area contributed by atoms with E-state index in [-0.39, 0.29) is 11.6 Å². The van der Waals surface area contributed by atoms with Gasteiger partial charge in [-0.3, -0.25) is 0 Å². The fourth-order valence-corrected chi connectivity index (χ4v) is 2.12. The Bertz CT molecular complexity index is 566. The molecular weight excluding hydrogens is 246 g/mol. The largest absolute Gasteiger partial charge is 0.392 e. The number of benzene rings is 2. The lowest BCUT2D eigenvalue weighted by Crippen LogP contribution is -2.15. The maximum absolute atomic E-state index is 13.1. The molecule has 0 saturated heterocycles. The van der Waals surface area contributed by atoms with E-state index in [0.717, 1.165) is 16.7 Å². The molecule has 1 unspecified atom stereocenters. The Hall–Kier alpha value is -1.74. The highest BCUT2D eigenvalue weighted by Gasteiger charge is 2.10. The molecule has 1 nitrogen and oxygen atoms in total. The van der Waals surface area contributed by atoms with Gasteiger partial charge >= 0.3 is 0 Å². The number of aryl methyl sites for hydroxylation is 1. The van der Waals surface area contributed by atoms with Gasteiger partial charge in [-0.25, -0.2) is 8.78 Å². The second kappa shape index (κ2) is 5.93. The number of aliphatic hydroxyl groups is 1. The van der Waals surface area contributed by atoms with Crippen LogP contribution in [-0.4, -0.2) is 11.2 Å². The lowest BCUT2D eigenvalue weighted by molar-refractivity contribution is 0.175. The Morgan fingerprint density at radius 1 is 1.00 bits per heavy atom. The Kier molecular flexibility index (Phi) is 4.27. The van der Waals surface area contributed by atoms with Crippen molar-refractivity contribution in [1.82, 2.24) is 0 Å². The van der Waals surface area contributed by atoms with Crippen LogP contribution < -0.4 is 0 Å². The van der Waals surface area contributed by atoms with Gasteiger partial charge in [0.05, 0.1) is 6.10 Å².